The number of piperazine rings is 1. The topological polar surface area (TPSA) is 59.8 Å². The molecule has 0 bridgehead atoms. The first-order valence-corrected chi connectivity index (χ1v) is 8.26. The maximum absolute atomic E-state index is 12.1. The Labute approximate surface area is 141 Å². The zero-order valence-electron chi connectivity index (χ0n) is 13.8. The third-order valence-electron chi connectivity index (χ3n) is 3.92. The Balaban J connectivity index is 1.63. The van der Waals surface area contributed by atoms with Crippen LogP contribution in [0.25, 0.3) is 0 Å². The molecule has 2 aliphatic heterocycles. The minimum Gasteiger partial charge on any atom is -0.444 e. The lowest BCUT2D eigenvalue weighted by Gasteiger charge is -2.38. The summed E-state index contributed by atoms with van der Waals surface area (Å²) in [4.78, 5) is 16.0. The van der Waals surface area contributed by atoms with E-state index in [1.54, 1.807) is 11.1 Å². The molecule has 128 valence electrons. The monoisotopic (exact) mass is 342 g/mol. The molecule has 1 aromatic rings. The first kappa shape index (κ1) is 16.4. The van der Waals surface area contributed by atoms with Gasteiger partial charge in [-0.1, -0.05) is 11.6 Å². The van der Waals surface area contributed by atoms with E-state index in [9.17, 15) is 4.79 Å². The van der Waals surface area contributed by atoms with Crippen molar-refractivity contribution in [2.24, 2.45) is 0 Å². The van der Waals surface area contributed by atoms with E-state index < -0.39 is 5.60 Å². The van der Waals surface area contributed by atoms with Crippen molar-refractivity contribution in [2.45, 2.75) is 32.4 Å². The number of nitrogens with zero attached hydrogens (tertiary/aromatic N) is 4. The first-order chi connectivity index (χ1) is 10.8. The molecule has 0 aliphatic carbocycles. The number of carbonyl (C=O) groups excluding carboxylic acids is 1. The number of halogens is 1. The second-order valence-electron chi connectivity index (χ2n) is 6.91. The van der Waals surface area contributed by atoms with Gasteiger partial charge in [0.25, 0.3) is 0 Å². The van der Waals surface area contributed by atoms with Crippen LogP contribution in [-0.2, 0) is 9.47 Å². The van der Waals surface area contributed by atoms with Crippen LogP contribution in [-0.4, -0.2) is 65.8 Å². The fourth-order valence-corrected chi connectivity index (χ4v) is 2.94. The number of amides is 1. The van der Waals surface area contributed by atoms with Crippen LogP contribution in [0.3, 0.4) is 0 Å². The zero-order chi connectivity index (χ0) is 16.6. The Morgan fingerprint density at radius 3 is 2.48 bits per heavy atom. The predicted molar refractivity (Wildman–Crippen MR) is 87.1 cm³/mol. The van der Waals surface area contributed by atoms with Crippen molar-refractivity contribution in [3.05, 3.63) is 11.2 Å². The zero-order valence-corrected chi connectivity index (χ0v) is 14.5. The van der Waals surface area contributed by atoms with Crippen molar-refractivity contribution in [1.82, 2.24) is 14.7 Å². The van der Waals surface area contributed by atoms with E-state index in [1.807, 2.05) is 25.5 Å². The molecule has 0 radical (unpaired) electrons. The molecule has 23 heavy (non-hydrogen) atoms. The number of aromatic nitrogens is 2. The third-order valence-corrected chi connectivity index (χ3v) is 4.19. The van der Waals surface area contributed by atoms with Gasteiger partial charge in [-0.2, -0.15) is 5.10 Å². The number of ether oxygens (including phenoxy) is 2. The highest BCUT2D eigenvalue weighted by atomic mass is 35.5. The summed E-state index contributed by atoms with van der Waals surface area (Å²) in [6, 6.07) is 0.251. The maximum Gasteiger partial charge on any atom is 0.410 e. The molecule has 0 atom stereocenters. The Kier molecular flexibility index (Phi) is 4.42. The maximum atomic E-state index is 12.1. The molecule has 1 aromatic heterocycles. The quantitative estimate of drug-likeness (QED) is 0.824. The number of carbonyl (C=O) groups is 1. The minimum atomic E-state index is -0.472. The van der Waals surface area contributed by atoms with E-state index in [4.69, 9.17) is 21.1 Å². The molecule has 0 saturated carbocycles. The fourth-order valence-electron chi connectivity index (χ4n) is 2.69. The lowest BCUT2D eigenvalue weighted by Crippen LogP contribution is -2.51. The van der Waals surface area contributed by atoms with Crippen LogP contribution in [0, 0.1) is 0 Å². The van der Waals surface area contributed by atoms with Gasteiger partial charge in [-0.15, -0.1) is 0 Å². The highest BCUT2D eigenvalue weighted by Gasteiger charge is 2.31. The summed E-state index contributed by atoms with van der Waals surface area (Å²) in [5, 5.41) is 5.01. The van der Waals surface area contributed by atoms with Crippen molar-refractivity contribution < 1.29 is 14.3 Å². The Morgan fingerprint density at radius 1 is 1.30 bits per heavy atom. The molecule has 8 heteroatoms. The summed E-state index contributed by atoms with van der Waals surface area (Å²) in [7, 11) is 0. The van der Waals surface area contributed by atoms with Crippen LogP contribution in [0.2, 0.25) is 5.02 Å². The molecule has 0 unspecified atom stereocenters. The van der Waals surface area contributed by atoms with E-state index >= 15 is 0 Å². The summed E-state index contributed by atoms with van der Waals surface area (Å²) < 4.78 is 12.6. The van der Waals surface area contributed by atoms with Crippen molar-refractivity contribution in [1.29, 1.82) is 0 Å². The molecule has 1 amide bonds. The standard InChI is InChI=1S/C15H23ClN4O3/c1-15(2,3)23-14(21)19-6-4-18(5-7-19)13-12(16)8-17-20(13)11-9-22-10-11/h8,11H,4-7,9-10H2,1-3H3. The second kappa shape index (κ2) is 6.20. The van der Waals surface area contributed by atoms with Gasteiger partial charge < -0.3 is 19.3 Å². The normalized spacial score (nSPS) is 19.7. The lowest BCUT2D eigenvalue weighted by atomic mass is 10.2. The van der Waals surface area contributed by atoms with Gasteiger partial charge in [0.2, 0.25) is 0 Å². The van der Waals surface area contributed by atoms with Crippen molar-refractivity contribution in [2.75, 3.05) is 44.3 Å². The first-order valence-electron chi connectivity index (χ1n) is 7.89. The predicted octanol–water partition coefficient (Wildman–Crippen LogP) is 2.16. The summed E-state index contributed by atoms with van der Waals surface area (Å²) in [5.41, 5.74) is -0.472. The van der Waals surface area contributed by atoms with Gasteiger partial charge in [0.15, 0.2) is 0 Å². The van der Waals surface area contributed by atoms with E-state index in [-0.39, 0.29) is 12.1 Å². The summed E-state index contributed by atoms with van der Waals surface area (Å²) in [6.07, 6.45) is 1.42. The molecule has 7 nitrogen and oxygen atoms in total. The van der Waals surface area contributed by atoms with Crippen LogP contribution in [0.4, 0.5) is 10.6 Å². The molecular weight excluding hydrogens is 320 g/mol. The number of hydrogen-bond acceptors (Lipinski definition) is 5. The molecular formula is C15H23ClN4O3. The van der Waals surface area contributed by atoms with E-state index in [0.29, 0.717) is 44.4 Å². The number of hydrogen-bond donors (Lipinski definition) is 0. The largest absolute Gasteiger partial charge is 0.444 e. The molecule has 2 saturated heterocycles. The highest BCUT2D eigenvalue weighted by Crippen LogP contribution is 2.31. The average Bonchev–Trinajstić information content (AvgIpc) is 2.77. The van der Waals surface area contributed by atoms with Gasteiger partial charge in [-0.05, 0) is 20.8 Å². The Bertz CT molecular complexity index is 572. The SMILES string of the molecule is CC(C)(C)OC(=O)N1CCN(c2c(Cl)cnn2C2COC2)CC1. The van der Waals surface area contributed by atoms with Crippen molar-refractivity contribution >= 4 is 23.5 Å². The Morgan fingerprint density at radius 2 is 1.96 bits per heavy atom. The van der Waals surface area contributed by atoms with E-state index in [0.717, 1.165) is 5.82 Å². The molecule has 3 rings (SSSR count). The smallest absolute Gasteiger partial charge is 0.410 e. The van der Waals surface area contributed by atoms with Gasteiger partial charge in [0, 0.05) is 26.2 Å². The van der Waals surface area contributed by atoms with Gasteiger partial charge in [-0.25, -0.2) is 9.48 Å². The minimum absolute atomic E-state index is 0.251. The highest BCUT2D eigenvalue weighted by molar-refractivity contribution is 6.32. The molecule has 3 heterocycles. The lowest BCUT2D eigenvalue weighted by molar-refractivity contribution is -0.0281. The van der Waals surface area contributed by atoms with Crippen LogP contribution < -0.4 is 4.90 Å². The number of anilines is 1. The molecule has 0 N–H and O–H groups in total. The van der Waals surface area contributed by atoms with Gasteiger partial charge in [-0.3, -0.25) is 0 Å². The van der Waals surface area contributed by atoms with E-state index in [2.05, 4.69) is 10.00 Å². The van der Waals surface area contributed by atoms with Crippen molar-refractivity contribution in [3.8, 4) is 0 Å². The number of rotatable bonds is 2. The molecule has 2 aliphatic rings. The van der Waals surface area contributed by atoms with Crippen LogP contribution in [0.1, 0.15) is 26.8 Å². The van der Waals surface area contributed by atoms with Crippen molar-refractivity contribution in [3.63, 3.8) is 0 Å². The van der Waals surface area contributed by atoms with Crippen LogP contribution >= 0.6 is 11.6 Å². The summed E-state index contributed by atoms with van der Waals surface area (Å²) >= 11 is 6.32. The van der Waals surface area contributed by atoms with E-state index in [1.165, 1.54) is 0 Å². The summed E-state index contributed by atoms with van der Waals surface area (Å²) in [5.74, 6) is 0.920. The molecule has 2 fully saturated rings. The summed E-state index contributed by atoms with van der Waals surface area (Å²) in [6.45, 7) is 9.60. The van der Waals surface area contributed by atoms with Gasteiger partial charge >= 0.3 is 6.09 Å². The van der Waals surface area contributed by atoms with Gasteiger partial charge in [0.1, 0.15) is 22.5 Å². The second-order valence-corrected chi connectivity index (χ2v) is 7.31. The fraction of sp³-hybridized carbons (Fsp3) is 0.733. The molecule has 0 aromatic carbocycles. The third kappa shape index (κ3) is 3.55. The average molecular weight is 343 g/mol. The van der Waals surface area contributed by atoms with Crippen LogP contribution in [0.15, 0.2) is 6.20 Å². The van der Waals surface area contributed by atoms with Gasteiger partial charge in [0.05, 0.1) is 19.4 Å². The van der Waals surface area contributed by atoms with Crippen LogP contribution in [0.5, 0.6) is 0 Å². The Hall–Kier alpha value is -1.47. The molecule has 0 spiro atoms.